The van der Waals surface area contributed by atoms with Gasteiger partial charge in [-0.25, -0.2) is 0 Å². The lowest BCUT2D eigenvalue weighted by Crippen LogP contribution is -2.32. The van der Waals surface area contributed by atoms with Gasteiger partial charge in [0.2, 0.25) is 0 Å². The Morgan fingerprint density at radius 3 is 1.91 bits per heavy atom. The van der Waals surface area contributed by atoms with Crippen LogP contribution in [-0.4, -0.2) is 4.98 Å². The van der Waals surface area contributed by atoms with E-state index in [4.69, 9.17) is 16.3 Å². The first kappa shape index (κ1) is 24.4. The third-order valence-electron chi connectivity index (χ3n) is 9.08. The predicted octanol–water partition coefficient (Wildman–Crippen LogP) is 10.7. The number of hydrogen-bond donors (Lipinski definition) is 0. The molecule has 7 aromatic rings. The maximum Gasteiger partial charge on any atom is 0.132 e. The molecule has 202 valence electrons. The lowest BCUT2D eigenvalue weighted by molar-refractivity contribution is 0.436. The molecule has 0 saturated carbocycles. The Hall–Kier alpha value is -5.18. The summed E-state index contributed by atoms with van der Waals surface area (Å²) >= 11 is 6.72. The third kappa shape index (κ3) is 3.45. The molecule has 0 atom stereocenters. The van der Waals surface area contributed by atoms with Crippen LogP contribution in [0.25, 0.3) is 44.3 Å². The summed E-state index contributed by atoms with van der Waals surface area (Å²) in [6.07, 6.45) is 1.84. The lowest BCUT2D eigenvalue weighted by Gasteiger charge is -2.39. The maximum absolute atomic E-state index is 6.72. The number of aromatic nitrogens is 1. The minimum Gasteiger partial charge on any atom is -0.457 e. The molecule has 2 heterocycles. The van der Waals surface area contributed by atoms with E-state index >= 15 is 0 Å². The van der Waals surface area contributed by atoms with E-state index in [9.17, 15) is 0 Å². The van der Waals surface area contributed by atoms with E-state index in [0.29, 0.717) is 0 Å². The molecule has 1 aromatic heterocycles. The summed E-state index contributed by atoms with van der Waals surface area (Å²) in [5, 5.41) is 1.89. The van der Waals surface area contributed by atoms with Crippen molar-refractivity contribution in [3.05, 3.63) is 173 Å². The average Bonchev–Trinajstić information content (AvgIpc) is 3.34. The van der Waals surface area contributed by atoms with E-state index in [1.54, 1.807) is 0 Å². The summed E-state index contributed by atoms with van der Waals surface area (Å²) in [5.74, 6) is 1.75. The molecule has 1 spiro atoms. The van der Waals surface area contributed by atoms with Gasteiger partial charge in [-0.15, -0.1) is 0 Å². The number of hydrogen-bond acceptors (Lipinski definition) is 2. The van der Waals surface area contributed by atoms with E-state index in [1.807, 2.05) is 30.5 Å². The minimum atomic E-state index is -0.549. The minimum absolute atomic E-state index is 0.549. The van der Waals surface area contributed by atoms with E-state index in [2.05, 4.69) is 120 Å². The van der Waals surface area contributed by atoms with Crippen LogP contribution in [0.5, 0.6) is 11.5 Å². The summed E-state index contributed by atoms with van der Waals surface area (Å²) < 4.78 is 6.49. The van der Waals surface area contributed by atoms with Crippen LogP contribution in [0.3, 0.4) is 0 Å². The van der Waals surface area contributed by atoms with E-state index in [-0.39, 0.29) is 0 Å². The number of ether oxygens (including phenoxy) is 1. The standard InChI is InChI=1S/C40H24ClNO/c41-28-19-21-31-30-20-18-27(25-14-16-26(17-15-25)29-7-5-11-37-32(29)8-6-22-42-37)23-35(30)40(36(31)24-28)33-9-1-3-12-38(33)43-39-13-4-2-10-34(39)40/h1-24H. The van der Waals surface area contributed by atoms with Gasteiger partial charge in [-0.1, -0.05) is 109 Å². The number of pyridine rings is 1. The Morgan fingerprint density at radius 2 is 1.14 bits per heavy atom. The SMILES string of the molecule is Clc1ccc2c(c1)C1(c3ccccc3Oc3ccccc31)c1cc(-c3ccc(-c4cccc5ncccc45)cc3)ccc1-2. The number of benzene rings is 6. The molecule has 2 aliphatic rings. The topological polar surface area (TPSA) is 22.1 Å². The Bertz CT molecular complexity index is 2180. The fourth-order valence-corrected chi connectivity index (χ4v) is 7.42. The molecule has 0 bridgehead atoms. The van der Waals surface area contributed by atoms with Gasteiger partial charge in [0, 0.05) is 27.7 Å². The van der Waals surface area contributed by atoms with Gasteiger partial charge in [-0.2, -0.15) is 0 Å². The highest BCUT2D eigenvalue weighted by Gasteiger charge is 2.51. The van der Waals surface area contributed by atoms with Crippen molar-refractivity contribution in [2.45, 2.75) is 5.41 Å². The fourth-order valence-electron chi connectivity index (χ4n) is 7.25. The molecule has 6 aromatic carbocycles. The van der Waals surface area contributed by atoms with E-state index < -0.39 is 5.41 Å². The molecule has 0 saturated heterocycles. The van der Waals surface area contributed by atoms with Crippen molar-refractivity contribution in [3.8, 4) is 44.9 Å². The van der Waals surface area contributed by atoms with Gasteiger partial charge in [0.1, 0.15) is 11.5 Å². The van der Waals surface area contributed by atoms with E-state index in [0.717, 1.165) is 38.6 Å². The van der Waals surface area contributed by atoms with E-state index in [1.165, 1.54) is 44.5 Å². The second-order valence-electron chi connectivity index (χ2n) is 11.2. The maximum atomic E-state index is 6.72. The molecule has 1 aliphatic carbocycles. The number of fused-ring (bicyclic) bond motifs is 10. The van der Waals surface area contributed by atoms with Gasteiger partial charge in [0.25, 0.3) is 0 Å². The van der Waals surface area contributed by atoms with Gasteiger partial charge in [-0.05, 0) is 87.0 Å². The van der Waals surface area contributed by atoms with Crippen molar-refractivity contribution < 1.29 is 4.74 Å². The molecule has 0 amide bonds. The molecule has 2 nitrogen and oxygen atoms in total. The summed E-state index contributed by atoms with van der Waals surface area (Å²) in [6.45, 7) is 0. The quantitative estimate of drug-likeness (QED) is 0.206. The predicted molar refractivity (Wildman–Crippen MR) is 175 cm³/mol. The van der Waals surface area contributed by atoms with Crippen molar-refractivity contribution in [1.82, 2.24) is 4.98 Å². The second kappa shape index (κ2) is 9.16. The number of rotatable bonds is 2. The van der Waals surface area contributed by atoms with Crippen molar-refractivity contribution in [3.63, 3.8) is 0 Å². The monoisotopic (exact) mass is 569 g/mol. The first-order valence-electron chi connectivity index (χ1n) is 14.5. The van der Waals surface area contributed by atoms with Gasteiger partial charge in [-0.3, -0.25) is 4.98 Å². The zero-order chi connectivity index (χ0) is 28.5. The van der Waals surface area contributed by atoms with Gasteiger partial charge >= 0.3 is 0 Å². The van der Waals surface area contributed by atoms with Crippen LogP contribution < -0.4 is 4.74 Å². The summed E-state index contributed by atoms with van der Waals surface area (Å²) in [7, 11) is 0. The van der Waals surface area contributed by atoms with Crippen LogP contribution in [0.1, 0.15) is 22.3 Å². The Labute approximate surface area is 254 Å². The average molecular weight is 570 g/mol. The molecular formula is C40H24ClNO. The van der Waals surface area contributed by atoms with Crippen molar-refractivity contribution in [2.75, 3.05) is 0 Å². The van der Waals surface area contributed by atoms with Crippen LogP contribution in [0.2, 0.25) is 5.02 Å². The molecule has 0 fully saturated rings. The summed E-state index contributed by atoms with van der Waals surface area (Å²) in [6, 6.07) is 49.3. The van der Waals surface area contributed by atoms with Gasteiger partial charge < -0.3 is 4.74 Å². The largest absolute Gasteiger partial charge is 0.457 e. The molecule has 0 radical (unpaired) electrons. The molecule has 9 rings (SSSR count). The molecule has 43 heavy (non-hydrogen) atoms. The highest BCUT2D eigenvalue weighted by molar-refractivity contribution is 6.30. The third-order valence-corrected chi connectivity index (χ3v) is 9.31. The van der Waals surface area contributed by atoms with Gasteiger partial charge in [0.15, 0.2) is 0 Å². The summed E-state index contributed by atoms with van der Waals surface area (Å²) in [4.78, 5) is 4.54. The van der Waals surface area contributed by atoms with Gasteiger partial charge in [0.05, 0.1) is 10.9 Å². The number of nitrogens with zero attached hydrogens (tertiary/aromatic N) is 1. The van der Waals surface area contributed by atoms with Crippen LogP contribution in [0, 0.1) is 0 Å². The normalized spacial score (nSPS) is 13.6. The lowest BCUT2D eigenvalue weighted by atomic mass is 9.66. The smallest absolute Gasteiger partial charge is 0.132 e. The molecule has 0 unspecified atom stereocenters. The molecule has 1 aliphatic heterocycles. The highest BCUT2D eigenvalue weighted by atomic mass is 35.5. The second-order valence-corrected chi connectivity index (χ2v) is 11.7. The zero-order valence-corrected chi connectivity index (χ0v) is 23.8. The molecular weight excluding hydrogens is 546 g/mol. The summed E-state index contributed by atoms with van der Waals surface area (Å²) in [5.41, 5.74) is 12.3. The number of halogens is 1. The van der Waals surface area contributed by atoms with Crippen LogP contribution in [0.4, 0.5) is 0 Å². The zero-order valence-electron chi connectivity index (χ0n) is 23.1. The fraction of sp³-hybridized carbons (Fsp3) is 0.0250. The van der Waals surface area contributed by atoms with Crippen molar-refractivity contribution >= 4 is 22.5 Å². The first-order valence-corrected chi connectivity index (χ1v) is 14.9. The Morgan fingerprint density at radius 1 is 0.488 bits per heavy atom. The number of para-hydroxylation sites is 2. The Balaban J connectivity index is 1.26. The Kier molecular flexibility index (Phi) is 5.20. The van der Waals surface area contributed by atoms with Crippen molar-refractivity contribution in [2.24, 2.45) is 0 Å². The molecule has 0 N–H and O–H groups in total. The first-order chi connectivity index (χ1) is 21.2. The highest BCUT2D eigenvalue weighted by Crippen LogP contribution is 2.62. The van der Waals surface area contributed by atoms with Crippen molar-refractivity contribution in [1.29, 1.82) is 0 Å². The molecule has 3 heteroatoms. The van der Waals surface area contributed by atoms with Crippen LogP contribution in [-0.2, 0) is 5.41 Å². The van der Waals surface area contributed by atoms with Crippen LogP contribution in [0.15, 0.2) is 146 Å². The van der Waals surface area contributed by atoms with Crippen LogP contribution >= 0.6 is 11.6 Å².